The highest BCUT2D eigenvalue weighted by Crippen LogP contribution is 2.57. The summed E-state index contributed by atoms with van der Waals surface area (Å²) in [4.78, 5) is 31.7. The Labute approximate surface area is 317 Å². The van der Waals surface area contributed by atoms with Gasteiger partial charge < -0.3 is 24.0 Å². The Kier molecular flexibility index (Phi) is 8.59. The van der Waals surface area contributed by atoms with Gasteiger partial charge in [0.25, 0.3) is 11.8 Å². The molecule has 294 valence electrons. The molecule has 6 atom stereocenters. The van der Waals surface area contributed by atoms with E-state index in [-0.39, 0.29) is 72.5 Å². The normalized spacial score (nSPS) is 31.0. The fourth-order valence-corrected chi connectivity index (χ4v) is 10.7. The Morgan fingerprint density at radius 3 is 2.45 bits per heavy atom. The number of aromatic nitrogens is 2. The third-order valence-electron chi connectivity index (χ3n) is 12.8. The lowest BCUT2D eigenvalue weighted by molar-refractivity contribution is -0.487. The van der Waals surface area contributed by atoms with E-state index >= 15 is 0 Å². The molecule has 2 aliphatic carbocycles. The minimum atomic E-state index is -4.63. The van der Waals surface area contributed by atoms with E-state index in [9.17, 15) is 31.2 Å². The average molecular weight is 784 g/mol. The van der Waals surface area contributed by atoms with E-state index in [0.29, 0.717) is 17.3 Å². The summed E-state index contributed by atoms with van der Waals surface area (Å²) in [5.74, 6) is -1.54. The number of hydrogen-bond acceptors (Lipinski definition) is 9. The predicted molar refractivity (Wildman–Crippen MR) is 194 cm³/mol. The second-order valence-corrected chi connectivity index (χ2v) is 18.3. The molecular weight excluding hydrogens is 740 g/mol. The minimum Gasteiger partial charge on any atom is -0.497 e. The lowest BCUT2D eigenvalue weighted by Crippen LogP contribution is -2.93. The number of hydrogen-bond donors (Lipinski definition) is 1. The molecule has 1 spiro atoms. The van der Waals surface area contributed by atoms with Crippen LogP contribution in [-0.4, -0.2) is 97.1 Å². The molecule has 1 aromatic heterocycles. The molecule has 0 radical (unpaired) electrons. The summed E-state index contributed by atoms with van der Waals surface area (Å²) in [6.45, 7) is 2.24. The second-order valence-electron chi connectivity index (χ2n) is 16.1. The molecule has 9 rings (SSSR count). The number of methoxy groups -OCH3 is 1. The first-order valence-electron chi connectivity index (χ1n) is 19.1. The molecule has 6 unspecified atom stereocenters. The second kappa shape index (κ2) is 12.9. The van der Waals surface area contributed by atoms with E-state index in [1.165, 1.54) is 20.0 Å². The molecule has 16 heteroatoms. The lowest BCUT2D eigenvalue weighted by atomic mass is 9.69. The Hall–Kier alpha value is -4.15. The van der Waals surface area contributed by atoms with E-state index in [0.717, 1.165) is 48.0 Å². The average Bonchev–Trinajstić information content (AvgIpc) is 3.62. The number of fused-ring (bicyclic) bond motifs is 5. The van der Waals surface area contributed by atoms with Crippen molar-refractivity contribution in [2.75, 3.05) is 31.8 Å². The van der Waals surface area contributed by atoms with Crippen LogP contribution in [0.1, 0.15) is 83.8 Å². The number of anilines is 1. The van der Waals surface area contributed by atoms with Crippen molar-refractivity contribution < 1.29 is 45.4 Å². The number of halogens is 3. The van der Waals surface area contributed by atoms with Crippen molar-refractivity contribution >= 4 is 33.1 Å². The number of carbonyl (C=O) groups excluding carboxylic acids is 2. The third kappa shape index (κ3) is 5.75. The molecular formula is C39H44F3N5O7S. The number of sulfonamides is 1. The number of carbonyl (C=O) groups is 2. The lowest BCUT2D eigenvalue weighted by Gasteiger charge is -2.73. The Morgan fingerprint density at radius 2 is 1.82 bits per heavy atom. The van der Waals surface area contributed by atoms with E-state index in [1.807, 2.05) is 24.3 Å². The van der Waals surface area contributed by atoms with Crippen molar-refractivity contribution in [1.82, 2.24) is 19.4 Å². The zero-order chi connectivity index (χ0) is 38.6. The summed E-state index contributed by atoms with van der Waals surface area (Å²) < 4.78 is 88.3. The van der Waals surface area contributed by atoms with Crippen LogP contribution in [0.4, 0.5) is 18.9 Å². The Morgan fingerprint density at radius 1 is 1.09 bits per heavy atom. The number of alkyl halides is 3. The zero-order valence-electron chi connectivity index (χ0n) is 30.8. The van der Waals surface area contributed by atoms with E-state index in [4.69, 9.17) is 14.2 Å². The molecule has 4 fully saturated rings. The predicted octanol–water partition coefficient (Wildman–Crippen LogP) is 5.15. The van der Waals surface area contributed by atoms with Crippen LogP contribution in [-0.2, 0) is 30.8 Å². The molecule has 7 aliphatic rings. The van der Waals surface area contributed by atoms with Crippen molar-refractivity contribution in [1.29, 1.82) is 0 Å². The number of amides is 2. The number of nitrogens with zero attached hydrogens (tertiary/aromatic N) is 4. The fourth-order valence-electron chi connectivity index (χ4n) is 10.0. The Bertz CT molecular complexity index is 2120. The number of benzene rings is 1. The van der Waals surface area contributed by atoms with E-state index in [1.54, 1.807) is 24.1 Å². The van der Waals surface area contributed by atoms with Crippen LogP contribution in [0.25, 0.3) is 5.57 Å². The van der Waals surface area contributed by atoms with Crippen molar-refractivity contribution in [2.45, 2.75) is 93.8 Å². The first kappa shape index (κ1) is 36.5. The third-order valence-corrected chi connectivity index (χ3v) is 14.5. The molecule has 3 saturated heterocycles. The van der Waals surface area contributed by atoms with Crippen LogP contribution in [0.3, 0.4) is 0 Å². The van der Waals surface area contributed by atoms with Gasteiger partial charge in [0, 0.05) is 41.6 Å². The molecule has 55 heavy (non-hydrogen) atoms. The summed E-state index contributed by atoms with van der Waals surface area (Å²) in [5.41, 5.74) is 2.53. The molecule has 1 N–H and O–H groups in total. The molecule has 6 heterocycles. The SMILES string of the molecule is COC1=CC2C=C(c3c(C(=O)N4C5COC56OCC46)cnn3CC(F)(F)F)CN3c4cc(C(=O)NS(=O)(=O)C(C)C)ccc4C(C4CCCCC4)C3C2C=C1. The molecule has 12 nitrogen and oxygen atoms in total. The number of nitrogens with one attached hydrogen (secondary N) is 1. The first-order chi connectivity index (χ1) is 26.2. The molecule has 0 bridgehead atoms. The molecule has 2 amide bonds. The number of ether oxygens (including phenoxy) is 3. The molecule has 2 aromatic rings. The highest BCUT2D eigenvalue weighted by molar-refractivity contribution is 7.90. The summed E-state index contributed by atoms with van der Waals surface area (Å²) in [5, 5.41) is 3.36. The first-order valence-corrected chi connectivity index (χ1v) is 20.6. The summed E-state index contributed by atoms with van der Waals surface area (Å²) in [6, 6.07) is 4.47. The van der Waals surface area contributed by atoms with Gasteiger partial charge in [-0.3, -0.25) is 14.3 Å². The minimum absolute atomic E-state index is 0.0156. The highest BCUT2D eigenvalue weighted by atomic mass is 32.2. The quantitative estimate of drug-likeness (QED) is 0.387. The van der Waals surface area contributed by atoms with Crippen molar-refractivity contribution in [3.05, 3.63) is 76.8 Å². The van der Waals surface area contributed by atoms with Crippen LogP contribution in [0.5, 0.6) is 0 Å². The zero-order valence-corrected chi connectivity index (χ0v) is 31.6. The maximum absolute atomic E-state index is 14.4. The van der Waals surface area contributed by atoms with Crippen LogP contribution in [0.15, 0.2) is 54.5 Å². The van der Waals surface area contributed by atoms with Crippen LogP contribution in [0.2, 0.25) is 0 Å². The standard InChI is InChI=1S/C39H44F3N5O7S/c1-21(2)55(50,51)44-36(48)23-9-11-28-30(15-23)45-17-25(13-24-14-26(52-3)10-12-27(24)35(45)33(28)22-7-5-4-6-8-22)34-29(16-43-46(34)20-38(40,41)42)37(49)47-31-18-53-39(31)32(47)19-54-39/h9-16,21-22,24,27,31-33,35H,4-8,17-20H2,1-3H3,(H,44,48). The van der Waals surface area contributed by atoms with Gasteiger partial charge >= 0.3 is 6.18 Å². The topological polar surface area (TPSA) is 132 Å². The van der Waals surface area contributed by atoms with E-state index in [2.05, 4.69) is 20.8 Å². The van der Waals surface area contributed by atoms with Gasteiger partial charge in [-0.15, -0.1) is 0 Å². The van der Waals surface area contributed by atoms with Crippen molar-refractivity contribution in [3.8, 4) is 0 Å². The van der Waals surface area contributed by atoms with Gasteiger partial charge in [-0.2, -0.15) is 18.3 Å². The van der Waals surface area contributed by atoms with Gasteiger partial charge in [-0.1, -0.05) is 37.5 Å². The number of likely N-dealkylation sites (tertiary alicyclic amines) is 1. The number of allylic oxidation sites excluding steroid dienone is 3. The van der Waals surface area contributed by atoms with Crippen LogP contribution >= 0.6 is 0 Å². The highest BCUT2D eigenvalue weighted by Gasteiger charge is 2.76. The van der Waals surface area contributed by atoms with E-state index < -0.39 is 45.6 Å². The van der Waals surface area contributed by atoms with Gasteiger partial charge in [0.15, 0.2) is 0 Å². The van der Waals surface area contributed by atoms with Crippen LogP contribution < -0.4 is 9.62 Å². The molecule has 5 aliphatic heterocycles. The van der Waals surface area contributed by atoms with Gasteiger partial charge in [0.2, 0.25) is 15.8 Å². The molecule has 1 saturated carbocycles. The number of morpholine rings is 2. The van der Waals surface area contributed by atoms with Gasteiger partial charge in [-0.25, -0.2) is 13.1 Å². The maximum atomic E-state index is 14.4. The molecule has 1 aromatic carbocycles. The van der Waals surface area contributed by atoms with Gasteiger partial charge in [0.1, 0.15) is 24.4 Å². The summed E-state index contributed by atoms with van der Waals surface area (Å²) in [6.07, 6.45) is 9.89. The maximum Gasteiger partial charge on any atom is 0.408 e. The largest absolute Gasteiger partial charge is 0.497 e. The van der Waals surface area contributed by atoms with Crippen molar-refractivity contribution in [2.24, 2.45) is 17.8 Å². The summed E-state index contributed by atoms with van der Waals surface area (Å²) >= 11 is 0. The fraction of sp³-hybridized carbons (Fsp3) is 0.564. The van der Waals surface area contributed by atoms with Gasteiger partial charge in [0.05, 0.1) is 43.0 Å². The summed E-state index contributed by atoms with van der Waals surface area (Å²) in [7, 11) is -2.35. The smallest absolute Gasteiger partial charge is 0.408 e. The van der Waals surface area contributed by atoms with Crippen molar-refractivity contribution in [3.63, 3.8) is 0 Å². The Balaban J connectivity index is 1.18. The number of rotatable bonds is 8. The van der Waals surface area contributed by atoms with Gasteiger partial charge in [-0.05, 0) is 68.0 Å². The van der Waals surface area contributed by atoms with Crippen LogP contribution in [0, 0.1) is 17.8 Å². The monoisotopic (exact) mass is 783 g/mol.